The molecule has 84 valence electrons. The Morgan fingerprint density at radius 1 is 1.40 bits per heavy atom. The fourth-order valence-corrected chi connectivity index (χ4v) is 3.28. The molecule has 0 aromatic carbocycles. The highest BCUT2D eigenvalue weighted by molar-refractivity contribution is 7.99. The lowest BCUT2D eigenvalue weighted by Crippen LogP contribution is -2.38. The van der Waals surface area contributed by atoms with Gasteiger partial charge in [0.2, 0.25) is 5.91 Å². The maximum Gasteiger partial charge on any atom is 0.307 e. The molecule has 1 N–H and O–H groups in total. The van der Waals surface area contributed by atoms with Gasteiger partial charge in [-0.25, -0.2) is 0 Å². The number of thioether (sulfide) groups is 1. The summed E-state index contributed by atoms with van der Waals surface area (Å²) in [4.78, 5) is 24.3. The molecule has 1 heterocycles. The summed E-state index contributed by atoms with van der Waals surface area (Å²) < 4.78 is 0. The van der Waals surface area contributed by atoms with Crippen LogP contribution in [0.1, 0.15) is 12.8 Å². The number of hydrogen-bond acceptors (Lipinski definition) is 3. The first-order valence-electron chi connectivity index (χ1n) is 5.18. The molecular weight excluding hydrogens is 214 g/mol. The lowest BCUT2D eigenvalue weighted by atomic mass is 10.2. The zero-order valence-corrected chi connectivity index (χ0v) is 9.50. The van der Waals surface area contributed by atoms with Crippen LogP contribution >= 0.6 is 11.8 Å². The Kier molecular flexibility index (Phi) is 2.91. The standard InChI is InChI=1S/C10H15NO3S/c1-11(6-2-3-15-5-6)9(12)7-4-8(7)10(13)14/h6-8H,2-5H2,1H3,(H,13,14). The minimum absolute atomic E-state index is 0.0231. The van der Waals surface area contributed by atoms with Gasteiger partial charge in [-0.15, -0.1) is 0 Å². The van der Waals surface area contributed by atoms with Crippen molar-refractivity contribution in [2.24, 2.45) is 11.8 Å². The number of aliphatic carboxylic acids is 1. The molecule has 15 heavy (non-hydrogen) atoms. The van der Waals surface area contributed by atoms with Crippen molar-refractivity contribution in [3.05, 3.63) is 0 Å². The molecule has 1 aliphatic carbocycles. The molecule has 1 amide bonds. The van der Waals surface area contributed by atoms with E-state index < -0.39 is 11.9 Å². The molecule has 2 aliphatic rings. The molecule has 0 aromatic rings. The molecule has 3 atom stereocenters. The van der Waals surface area contributed by atoms with Gasteiger partial charge in [0.15, 0.2) is 0 Å². The normalized spacial score (nSPS) is 33.8. The maximum absolute atomic E-state index is 11.9. The summed E-state index contributed by atoms with van der Waals surface area (Å²) >= 11 is 1.86. The van der Waals surface area contributed by atoms with Gasteiger partial charge in [0.1, 0.15) is 0 Å². The molecule has 0 spiro atoms. The van der Waals surface area contributed by atoms with Crippen LogP contribution in [0.3, 0.4) is 0 Å². The van der Waals surface area contributed by atoms with Gasteiger partial charge >= 0.3 is 5.97 Å². The number of nitrogens with zero attached hydrogens (tertiary/aromatic N) is 1. The molecule has 0 aromatic heterocycles. The smallest absolute Gasteiger partial charge is 0.307 e. The van der Waals surface area contributed by atoms with E-state index in [2.05, 4.69) is 0 Å². The minimum atomic E-state index is -0.831. The summed E-state index contributed by atoms with van der Waals surface area (Å²) in [7, 11) is 1.80. The number of hydrogen-bond donors (Lipinski definition) is 1. The molecular formula is C10H15NO3S. The highest BCUT2D eigenvalue weighted by Gasteiger charge is 2.50. The zero-order chi connectivity index (χ0) is 11.0. The third kappa shape index (κ3) is 2.12. The Balaban J connectivity index is 1.88. The highest BCUT2D eigenvalue weighted by Crippen LogP contribution is 2.40. The van der Waals surface area contributed by atoms with E-state index in [0.717, 1.165) is 17.9 Å². The van der Waals surface area contributed by atoms with Crippen molar-refractivity contribution in [3.63, 3.8) is 0 Å². The second-order valence-corrected chi connectivity index (χ2v) is 5.40. The quantitative estimate of drug-likeness (QED) is 0.773. The van der Waals surface area contributed by atoms with Crippen LogP contribution in [0.5, 0.6) is 0 Å². The second kappa shape index (κ2) is 4.04. The number of rotatable bonds is 3. The predicted octanol–water partition coefficient (Wildman–Crippen LogP) is 0.671. The number of carbonyl (C=O) groups excluding carboxylic acids is 1. The van der Waals surface area contributed by atoms with Crippen LogP contribution in [0.2, 0.25) is 0 Å². The van der Waals surface area contributed by atoms with E-state index in [9.17, 15) is 9.59 Å². The number of amides is 1. The summed E-state index contributed by atoms with van der Waals surface area (Å²) in [5, 5.41) is 8.74. The van der Waals surface area contributed by atoms with Crippen molar-refractivity contribution in [1.82, 2.24) is 4.90 Å². The summed E-state index contributed by atoms with van der Waals surface area (Å²) in [5.41, 5.74) is 0. The van der Waals surface area contributed by atoms with Crippen LogP contribution in [0.25, 0.3) is 0 Å². The molecule has 5 heteroatoms. The number of carboxylic acid groups (broad SMARTS) is 1. The Morgan fingerprint density at radius 3 is 2.60 bits per heavy atom. The zero-order valence-electron chi connectivity index (χ0n) is 8.68. The van der Waals surface area contributed by atoms with Crippen molar-refractivity contribution in [1.29, 1.82) is 0 Å². The summed E-state index contributed by atoms with van der Waals surface area (Å²) in [6, 6.07) is 0.317. The maximum atomic E-state index is 11.9. The van der Waals surface area contributed by atoms with Crippen LogP contribution in [0.15, 0.2) is 0 Å². The van der Waals surface area contributed by atoms with Crippen molar-refractivity contribution in [3.8, 4) is 0 Å². The summed E-state index contributed by atoms with van der Waals surface area (Å²) in [6.45, 7) is 0. The predicted molar refractivity (Wildman–Crippen MR) is 57.7 cm³/mol. The fourth-order valence-electron chi connectivity index (χ4n) is 2.01. The first-order valence-corrected chi connectivity index (χ1v) is 6.34. The van der Waals surface area contributed by atoms with Crippen molar-refractivity contribution in [2.75, 3.05) is 18.6 Å². The first-order chi connectivity index (χ1) is 7.11. The van der Waals surface area contributed by atoms with E-state index in [1.807, 2.05) is 11.8 Å². The molecule has 2 fully saturated rings. The van der Waals surface area contributed by atoms with Crippen LogP contribution < -0.4 is 0 Å². The highest BCUT2D eigenvalue weighted by atomic mass is 32.2. The Morgan fingerprint density at radius 2 is 2.13 bits per heavy atom. The van der Waals surface area contributed by atoms with Crippen LogP contribution in [0.4, 0.5) is 0 Å². The van der Waals surface area contributed by atoms with Gasteiger partial charge in [0, 0.05) is 18.8 Å². The Hall–Kier alpha value is -0.710. The number of carboxylic acids is 1. The van der Waals surface area contributed by atoms with E-state index >= 15 is 0 Å². The molecule has 1 saturated heterocycles. The average Bonchev–Trinajstić information content (AvgIpc) is 2.83. The molecule has 0 radical (unpaired) electrons. The van der Waals surface area contributed by atoms with Gasteiger partial charge in [-0.05, 0) is 18.6 Å². The molecule has 2 rings (SSSR count). The van der Waals surface area contributed by atoms with Gasteiger partial charge in [0.05, 0.1) is 11.8 Å². The van der Waals surface area contributed by atoms with Crippen LogP contribution in [-0.2, 0) is 9.59 Å². The van der Waals surface area contributed by atoms with E-state index in [1.165, 1.54) is 0 Å². The van der Waals surface area contributed by atoms with Crippen molar-refractivity contribution < 1.29 is 14.7 Å². The Bertz CT molecular complexity index is 288. The molecule has 4 nitrogen and oxygen atoms in total. The largest absolute Gasteiger partial charge is 0.481 e. The van der Waals surface area contributed by atoms with E-state index in [-0.39, 0.29) is 11.8 Å². The second-order valence-electron chi connectivity index (χ2n) is 4.25. The molecule has 0 bridgehead atoms. The van der Waals surface area contributed by atoms with Gasteiger partial charge in [-0.2, -0.15) is 11.8 Å². The lowest BCUT2D eigenvalue weighted by Gasteiger charge is -2.23. The molecule has 3 unspecified atom stereocenters. The van der Waals surface area contributed by atoms with Gasteiger partial charge < -0.3 is 10.0 Å². The monoisotopic (exact) mass is 229 g/mol. The SMILES string of the molecule is CN(C(=O)C1CC1C(=O)O)C1CCSC1. The molecule has 1 aliphatic heterocycles. The minimum Gasteiger partial charge on any atom is -0.481 e. The molecule has 1 saturated carbocycles. The van der Waals surface area contributed by atoms with Gasteiger partial charge in [-0.1, -0.05) is 0 Å². The average molecular weight is 229 g/mol. The summed E-state index contributed by atoms with van der Waals surface area (Å²) in [6.07, 6.45) is 1.57. The number of carbonyl (C=O) groups is 2. The van der Waals surface area contributed by atoms with E-state index in [0.29, 0.717) is 12.5 Å². The summed E-state index contributed by atoms with van der Waals surface area (Å²) in [5.74, 6) is 0.617. The van der Waals surface area contributed by atoms with Gasteiger partial charge in [0.25, 0.3) is 0 Å². The lowest BCUT2D eigenvalue weighted by molar-refractivity contribution is -0.142. The van der Waals surface area contributed by atoms with E-state index in [1.54, 1.807) is 11.9 Å². The topological polar surface area (TPSA) is 57.6 Å². The Labute approximate surface area is 93.0 Å². The fraction of sp³-hybridized carbons (Fsp3) is 0.800. The van der Waals surface area contributed by atoms with Gasteiger partial charge in [-0.3, -0.25) is 9.59 Å². The third-order valence-electron chi connectivity index (χ3n) is 3.23. The van der Waals surface area contributed by atoms with E-state index in [4.69, 9.17) is 5.11 Å². The van der Waals surface area contributed by atoms with Crippen LogP contribution in [0, 0.1) is 11.8 Å². The van der Waals surface area contributed by atoms with Crippen LogP contribution in [-0.4, -0.2) is 46.5 Å². The van der Waals surface area contributed by atoms with Crippen molar-refractivity contribution in [2.45, 2.75) is 18.9 Å². The first kappa shape index (κ1) is 10.8. The van der Waals surface area contributed by atoms with Crippen molar-refractivity contribution >= 4 is 23.6 Å². The third-order valence-corrected chi connectivity index (χ3v) is 4.37.